The quantitative estimate of drug-likeness (QED) is 0.750. The van der Waals surface area contributed by atoms with E-state index in [1.807, 2.05) is 30.3 Å². The van der Waals surface area contributed by atoms with E-state index in [4.69, 9.17) is 4.74 Å². The number of aliphatic hydroxyl groups is 2. The molecule has 1 heterocycles. The summed E-state index contributed by atoms with van der Waals surface area (Å²) in [5, 5.41) is 20.1. The molecule has 2 N–H and O–H groups in total. The number of β-amino-alcohol motifs (C(OH)–C–C–N with tert-alkyl or cyclic N) is 1. The van der Waals surface area contributed by atoms with E-state index < -0.39 is 6.10 Å². The van der Waals surface area contributed by atoms with Crippen molar-refractivity contribution in [2.75, 3.05) is 26.3 Å². The van der Waals surface area contributed by atoms with E-state index in [0.717, 1.165) is 36.9 Å². The highest BCUT2D eigenvalue weighted by atomic mass is 16.5. The van der Waals surface area contributed by atoms with Gasteiger partial charge in [0.15, 0.2) is 0 Å². The molecule has 1 fully saturated rings. The van der Waals surface area contributed by atoms with Gasteiger partial charge in [-0.05, 0) is 43.0 Å². The van der Waals surface area contributed by atoms with Crippen molar-refractivity contribution in [2.24, 2.45) is 0 Å². The van der Waals surface area contributed by atoms with Crippen LogP contribution in [0.25, 0.3) is 0 Å². The van der Waals surface area contributed by atoms with Gasteiger partial charge in [-0.15, -0.1) is 0 Å². The Bertz CT molecular complexity index is 691. The fourth-order valence-electron chi connectivity index (χ4n) is 3.91. The zero-order valence-electron chi connectivity index (χ0n) is 16.1. The molecule has 4 nitrogen and oxygen atoms in total. The fraction of sp³-hybridized carbons (Fsp3) is 0.478. The molecule has 0 saturated carbocycles. The SMILES string of the molecule is Cc1ccccc1[C@H](OC[C@H](O)CN1CCCC[C@H]1CO)c1ccccc1. The number of likely N-dealkylation sites (tertiary alicyclic amines) is 1. The molecular formula is C23H31NO3. The van der Waals surface area contributed by atoms with Crippen LogP contribution in [0.3, 0.4) is 0 Å². The van der Waals surface area contributed by atoms with E-state index in [-0.39, 0.29) is 25.4 Å². The van der Waals surface area contributed by atoms with Gasteiger partial charge < -0.3 is 14.9 Å². The lowest BCUT2D eigenvalue weighted by Gasteiger charge is -2.36. The van der Waals surface area contributed by atoms with Crippen LogP contribution in [0.5, 0.6) is 0 Å². The highest BCUT2D eigenvalue weighted by Crippen LogP contribution is 2.28. The van der Waals surface area contributed by atoms with Crippen molar-refractivity contribution in [3.63, 3.8) is 0 Å². The minimum Gasteiger partial charge on any atom is -0.395 e. The molecule has 0 spiro atoms. The van der Waals surface area contributed by atoms with Crippen molar-refractivity contribution in [1.29, 1.82) is 0 Å². The highest BCUT2D eigenvalue weighted by molar-refractivity contribution is 5.35. The first-order valence-corrected chi connectivity index (χ1v) is 9.94. The van der Waals surface area contributed by atoms with E-state index in [2.05, 4.69) is 36.1 Å². The van der Waals surface area contributed by atoms with Crippen molar-refractivity contribution in [1.82, 2.24) is 4.90 Å². The monoisotopic (exact) mass is 369 g/mol. The first-order valence-electron chi connectivity index (χ1n) is 9.94. The molecule has 0 radical (unpaired) electrons. The van der Waals surface area contributed by atoms with Crippen molar-refractivity contribution in [3.05, 3.63) is 71.3 Å². The smallest absolute Gasteiger partial charge is 0.108 e. The average molecular weight is 370 g/mol. The molecule has 0 aliphatic carbocycles. The highest BCUT2D eigenvalue weighted by Gasteiger charge is 2.25. The molecule has 0 amide bonds. The molecule has 0 aromatic heterocycles. The normalized spacial score (nSPS) is 20.3. The Balaban J connectivity index is 1.67. The van der Waals surface area contributed by atoms with Crippen LogP contribution in [0.2, 0.25) is 0 Å². The summed E-state index contributed by atoms with van der Waals surface area (Å²) in [6, 6.07) is 18.6. The van der Waals surface area contributed by atoms with E-state index in [9.17, 15) is 10.2 Å². The number of benzene rings is 2. The number of hydrogen-bond donors (Lipinski definition) is 2. The Morgan fingerprint density at radius 3 is 2.56 bits per heavy atom. The maximum atomic E-state index is 10.6. The predicted molar refractivity (Wildman–Crippen MR) is 108 cm³/mol. The Morgan fingerprint density at radius 2 is 1.81 bits per heavy atom. The maximum Gasteiger partial charge on any atom is 0.108 e. The van der Waals surface area contributed by atoms with E-state index in [0.29, 0.717) is 6.54 Å². The van der Waals surface area contributed by atoms with E-state index in [1.54, 1.807) is 0 Å². The van der Waals surface area contributed by atoms with Gasteiger partial charge in [-0.3, -0.25) is 4.90 Å². The van der Waals surface area contributed by atoms with Crippen LogP contribution in [-0.2, 0) is 4.74 Å². The van der Waals surface area contributed by atoms with Crippen LogP contribution in [0.1, 0.15) is 42.1 Å². The van der Waals surface area contributed by atoms with Crippen LogP contribution in [0, 0.1) is 6.92 Å². The van der Waals surface area contributed by atoms with Gasteiger partial charge >= 0.3 is 0 Å². The maximum absolute atomic E-state index is 10.6. The van der Waals surface area contributed by atoms with Crippen molar-refractivity contribution in [2.45, 2.75) is 44.4 Å². The molecule has 1 saturated heterocycles. The topological polar surface area (TPSA) is 52.9 Å². The second-order valence-corrected chi connectivity index (χ2v) is 7.46. The molecule has 0 bridgehead atoms. The van der Waals surface area contributed by atoms with Crippen LogP contribution in [0.15, 0.2) is 54.6 Å². The molecule has 3 rings (SSSR count). The van der Waals surface area contributed by atoms with Crippen molar-refractivity contribution in [3.8, 4) is 0 Å². The van der Waals surface area contributed by atoms with Crippen LogP contribution < -0.4 is 0 Å². The minimum absolute atomic E-state index is 0.156. The molecule has 2 aromatic rings. The molecule has 1 aliphatic rings. The van der Waals surface area contributed by atoms with Gasteiger partial charge in [-0.25, -0.2) is 0 Å². The van der Waals surface area contributed by atoms with Crippen LogP contribution in [-0.4, -0.2) is 53.6 Å². The van der Waals surface area contributed by atoms with Gasteiger partial charge in [0.2, 0.25) is 0 Å². The molecule has 1 aliphatic heterocycles. The number of aliphatic hydroxyl groups excluding tert-OH is 2. The fourth-order valence-corrected chi connectivity index (χ4v) is 3.91. The zero-order valence-corrected chi connectivity index (χ0v) is 16.1. The van der Waals surface area contributed by atoms with Gasteiger partial charge in [0, 0.05) is 12.6 Å². The Labute approximate surface area is 162 Å². The lowest BCUT2D eigenvalue weighted by molar-refractivity contribution is -0.0238. The third kappa shape index (κ3) is 5.39. The lowest BCUT2D eigenvalue weighted by Crippen LogP contribution is -2.46. The number of hydrogen-bond acceptors (Lipinski definition) is 4. The number of aryl methyl sites for hydroxylation is 1. The number of ether oxygens (including phenoxy) is 1. The summed E-state index contributed by atoms with van der Waals surface area (Å²) in [4.78, 5) is 2.20. The molecule has 3 atom stereocenters. The molecule has 0 unspecified atom stereocenters. The van der Waals surface area contributed by atoms with E-state index in [1.165, 1.54) is 5.56 Å². The molecular weight excluding hydrogens is 338 g/mol. The predicted octanol–water partition coefficient (Wildman–Crippen LogP) is 3.31. The zero-order chi connectivity index (χ0) is 19.1. The third-order valence-electron chi connectivity index (χ3n) is 5.43. The number of piperidine rings is 1. The largest absolute Gasteiger partial charge is 0.395 e. The first kappa shape index (κ1) is 20.0. The van der Waals surface area contributed by atoms with Gasteiger partial charge in [0.05, 0.1) is 19.3 Å². The van der Waals surface area contributed by atoms with Crippen LogP contribution >= 0.6 is 0 Å². The molecule has 146 valence electrons. The minimum atomic E-state index is -0.576. The van der Waals surface area contributed by atoms with Crippen molar-refractivity contribution >= 4 is 0 Å². The molecule has 27 heavy (non-hydrogen) atoms. The summed E-state index contributed by atoms with van der Waals surface area (Å²) < 4.78 is 6.23. The van der Waals surface area contributed by atoms with Gasteiger partial charge in [-0.1, -0.05) is 61.0 Å². The first-order chi connectivity index (χ1) is 13.2. The second-order valence-electron chi connectivity index (χ2n) is 7.46. The Hall–Kier alpha value is -1.72. The van der Waals surface area contributed by atoms with Crippen LogP contribution in [0.4, 0.5) is 0 Å². The molecule has 2 aromatic carbocycles. The van der Waals surface area contributed by atoms with Gasteiger partial charge in [0.1, 0.15) is 6.10 Å². The molecule has 4 heteroatoms. The lowest BCUT2D eigenvalue weighted by atomic mass is 9.97. The van der Waals surface area contributed by atoms with Gasteiger partial charge in [0.25, 0.3) is 0 Å². The number of rotatable bonds is 8. The average Bonchev–Trinajstić information content (AvgIpc) is 2.70. The van der Waals surface area contributed by atoms with E-state index >= 15 is 0 Å². The Morgan fingerprint density at radius 1 is 1.07 bits per heavy atom. The summed E-state index contributed by atoms with van der Waals surface area (Å²) >= 11 is 0. The summed E-state index contributed by atoms with van der Waals surface area (Å²) in [5.74, 6) is 0. The number of nitrogens with zero attached hydrogens (tertiary/aromatic N) is 1. The summed E-state index contributed by atoms with van der Waals surface area (Å²) in [5.41, 5.74) is 3.39. The summed E-state index contributed by atoms with van der Waals surface area (Å²) in [6.45, 7) is 3.99. The second kappa shape index (κ2) is 10.00. The Kier molecular flexibility index (Phi) is 7.41. The third-order valence-corrected chi connectivity index (χ3v) is 5.43. The van der Waals surface area contributed by atoms with Crippen molar-refractivity contribution < 1.29 is 14.9 Å². The van der Waals surface area contributed by atoms with Gasteiger partial charge in [-0.2, -0.15) is 0 Å². The summed E-state index contributed by atoms with van der Waals surface area (Å²) in [6.07, 6.45) is 2.50. The summed E-state index contributed by atoms with van der Waals surface area (Å²) in [7, 11) is 0. The standard InChI is InChI=1S/C23H31NO3/c1-18-9-5-6-13-22(18)23(19-10-3-2-4-11-19)27-17-21(26)15-24-14-8-7-12-20(24)16-25/h2-6,9-11,13,20-21,23,25-26H,7-8,12,14-17H2,1H3/t20-,21+,23+/m0/s1.